The highest BCUT2D eigenvalue weighted by molar-refractivity contribution is 8.00. The van der Waals surface area contributed by atoms with E-state index in [2.05, 4.69) is 15.2 Å². The molecule has 2 aromatic heterocycles. The van der Waals surface area contributed by atoms with Crippen LogP contribution < -0.4 is 4.90 Å². The molecule has 2 heterocycles. The number of amides is 1. The molecule has 0 N–H and O–H groups in total. The maximum Gasteiger partial charge on any atom is 0.277 e. The highest BCUT2D eigenvalue weighted by atomic mass is 32.2. The highest BCUT2D eigenvalue weighted by Crippen LogP contribution is 2.25. The Kier molecular flexibility index (Phi) is 5.50. The van der Waals surface area contributed by atoms with Crippen molar-refractivity contribution in [1.29, 1.82) is 0 Å². The number of aryl methyl sites for hydroxylation is 1. The minimum atomic E-state index is -0.333. The molecule has 3 aromatic rings. The SMILES string of the molecule is Cc1nc(Cc2nnc(SC(C)C(=O)N(C)c3ccccc3)o2)cs1. The van der Waals surface area contributed by atoms with E-state index in [4.69, 9.17) is 4.42 Å². The average molecular weight is 374 g/mol. The topological polar surface area (TPSA) is 72.1 Å². The summed E-state index contributed by atoms with van der Waals surface area (Å²) in [5.74, 6) is 0.481. The van der Waals surface area contributed by atoms with E-state index in [1.165, 1.54) is 11.8 Å². The lowest BCUT2D eigenvalue weighted by Crippen LogP contribution is -2.33. The van der Waals surface area contributed by atoms with Crippen molar-refractivity contribution in [3.8, 4) is 0 Å². The summed E-state index contributed by atoms with van der Waals surface area (Å²) in [7, 11) is 1.76. The van der Waals surface area contributed by atoms with Gasteiger partial charge in [-0.3, -0.25) is 4.79 Å². The maximum absolute atomic E-state index is 12.6. The van der Waals surface area contributed by atoms with Crippen molar-refractivity contribution in [3.05, 3.63) is 52.3 Å². The lowest BCUT2D eigenvalue weighted by Gasteiger charge is -2.20. The Balaban J connectivity index is 1.61. The molecule has 0 aliphatic rings. The van der Waals surface area contributed by atoms with Crippen LogP contribution in [0, 0.1) is 6.92 Å². The zero-order chi connectivity index (χ0) is 17.8. The van der Waals surface area contributed by atoms with Crippen LogP contribution in [0.3, 0.4) is 0 Å². The zero-order valence-corrected chi connectivity index (χ0v) is 15.8. The molecule has 0 bridgehead atoms. The largest absolute Gasteiger partial charge is 0.416 e. The fourth-order valence-electron chi connectivity index (χ4n) is 2.25. The second kappa shape index (κ2) is 7.79. The first-order chi connectivity index (χ1) is 12.0. The van der Waals surface area contributed by atoms with Gasteiger partial charge in [-0.05, 0) is 26.0 Å². The van der Waals surface area contributed by atoms with Crippen molar-refractivity contribution < 1.29 is 9.21 Å². The van der Waals surface area contributed by atoms with Crippen molar-refractivity contribution in [2.75, 3.05) is 11.9 Å². The molecule has 0 fully saturated rings. The number of carbonyl (C=O) groups excluding carboxylic acids is 1. The van der Waals surface area contributed by atoms with E-state index in [0.29, 0.717) is 17.5 Å². The summed E-state index contributed by atoms with van der Waals surface area (Å²) in [6.45, 7) is 3.79. The number of carbonyl (C=O) groups is 1. The van der Waals surface area contributed by atoms with Crippen molar-refractivity contribution in [2.45, 2.75) is 30.7 Å². The van der Waals surface area contributed by atoms with Gasteiger partial charge in [-0.15, -0.1) is 21.5 Å². The molecule has 0 aliphatic heterocycles. The van der Waals surface area contributed by atoms with Crippen LogP contribution in [0.15, 0.2) is 45.4 Å². The average Bonchev–Trinajstić information content (AvgIpc) is 3.23. The molecule has 6 nitrogen and oxygen atoms in total. The van der Waals surface area contributed by atoms with Gasteiger partial charge in [0.1, 0.15) is 0 Å². The van der Waals surface area contributed by atoms with Gasteiger partial charge in [0.15, 0.2) is 0 Å². The molecule has 1 unspecified atom stereocenters. The Morgan fingerprint density at radius 2 is 2.08 bits per heavy atom. The quantitative estimate of drug-likeness (QED) is 0.614. The monoisotopic (exact) mass is 374 g/mol. The van der Waals surface area contributed by atoms with Crippen LogP contribution >= 0.6 is 23.1 Å². The van der Waals surface area contributed by atoms with Gasteiger partial charge in [-0.1, -0.05) is 30.0 Å². The smallest absolute Gasteiger partial charge is 0.277 e. The van der Waals surface area contributed by atoms with Crippen molar-refractivity contribution in [3.63, 3.8) is 0 Å². The van der Waals surface area contributed by atoms with E-state index in [1.54, 1.807) is 23.3 Å². The van der Waals surface area contributed by atoms with Crippen LogP contribution in [-0.4, -0.2) is 33.4 Å². The number of thioether (sulfide) groups is 1. The second-order valence-corrected chi connectivity index (χ2v) is 7.84. The van der Waals surface area contributed by atoms with Crippen molar-refractivity contribution >= 4 is 34.7 Å². The molecule has 1 atom stereocenters. The van der Waals surface area contributed by atoms with Crippen molar-refractivity contribution in [1.82, 2.24) is 15.2 Å². The van der Waals surface area contributed by atoms with Gasteiger partial charge in [0.05, 0.1) is 22.4 Å². The molecule has 0 aliphatic carbocycles. The molecular weight excluding hydrogens is 356 g/mol. The van der Waals surface area contributed by atoms with Gasteiger partial charge < -0.3 is 9.32 Å². The number of para-hydroxylation sites is 1. The van der Waals surface area contributed by atoms with E-state index >= 15 is 0 Å². The predicted octanol–water partition coefficient (Wildman–Crippen LogP) is 3.57. The molecule has 0 saturated heterocycles. The third kappa shape index (κ3) is 4.46. The summed E-state index contributed by atoms with van der Waals surface area (Å²) < 4.78 is 5.64. The van der Waals surface area contributed by atoms with E-state index < -0.39 is 0 Å². The molecular formula is C17H18N4O2S2. The highest BCUT2D eigenvalue weighted by Gasteiger charge is 2.22. The first-order valence-corrected chi connectivity index (χ1v) is 9.51. The molecule has 1 amide bonds. The van der Waals surface area contributed by atoms with Crippen LogP contribution in [0.1, 0.15) is 23.5 Å². The first kappa shape index (κ1) is 17.6. The fraction of sp³-hybridized carbons (Fsp3) is 0.294. The summed E-state index contributed by atoms with van der Waals surface area (Å²) in [6.07, 6.45) is 0.504. The molecule has 3 rings (SSSR count). The molecule has 8 heteroatoms. The first-order valence-electron chi connectivity index (χ1n) is 7.75. The summed E-state index contributed by atoms with van der Waals surface area (Å²) >= 11 is 2.85. The van der Waals surface area contributed by atoms with Gasteiger partial charge in [-0.2, -0.15) is 0 Å². The number of aromatic nitrogens is 3. The number of thiazole rings is 1. The molecule has 0 saturated carbocycles. The molecule has 0 spiro atoms. The van der Waals surface area contributed by atoms with E-state index in [0.717, 1.165) is 16.4 Å². The van der Waals surface area contributed by atoms with E-state index in [9.17, 15) is 4.79 Å². The fourth-order valence-corrected chi connectivity index (χ4v) is 3.66. The summed E-state index contributed by atoms with van der Waals surface area (Å²) in [5, 5.41) is 11.1. The van der Waals surface area contributed by atoms with Crippen LogP contribution in [0.4, 0.5) is 5.69 Å². The van der Waals surface area contributed by atoms with Crippen LogP contribution in [0.25, 0.3) is 0 Å². The van der Waals surface area contributed by atoms with Gasteiger partial charge in [0, 0.05) is 18.1 Å². The maximum atomic E-state index is 12.6. The van der Waals surface area contributed by atoms with E-state index in [1.807, 2.05) is 49.6 Å². The van der Waals surface area contributed by atoms with Crippen molar-refractivity contribution in [2.24, 2.45) is 0 Å². The number of rotatable bonds is 6. The zero-order valence-electron chi connectivity index (χ0n) is 14.2. The van der Waals surface area contributed by atoms with Crippen LogP contribution in [-0.2, 0) is 11.2 Å². The molecule has 0 radical (unpaired) electrons. The van der Waals surface area contributed by atoms with Gasteiger partial charge in [0.2, 0.25) is 11.8 Å². The molecule has 130 valence electrons. The summed E-state index contributed by atoms with van der Waals surface area (Å²) in [5.41, 5.74) is 1.76. The van der Waals surface area contributed by atoms with Crippen LogP contribution in [0.5, 0.6) is 0 Å². The second-order valence-electron chi connectivity index (χ2n) is 5.49. The molecule has 25 heavy (non-hydrogen) atoms. The minimum absolute atomic E-state index is 0.0222. The lowest BCUT2D eigenvalue weighted by atomic mass is 10.3. The van der Waals surface area contributed by atoms with Gasteiger partial charge in [0.25, 0.3) is 5.22 Å². The number of nitrogens with zero attached hydrogens (tertiary/aromatic N) is 4. The van der Waals surface area contributed by atoms with E-state index in [-0.39, 0.29) is 11.2 Å². The van der Waals surface area contributed by atoms with Gasteiger partial charge in [-0.25, -0.2) is 4.98 Å². The standard InChI is InChI=1S/C17H18N4O2S2/c1-11(16(22)21(3)14-7-5-4-6-8-14)25-17-20-19-15(23-17)9-13-10-24-12(2)18-13/h4-8,10-11H,9H2,1-3H3. The number of hydrogen-bond acceptors (Lipinski definition) is 7. The Labute approximate surface area is 154 Å². The summed E-state index contributed by atoms with van der Waals surface area (Å²) in [4.78, 5) is 18.6. The Bertz CT molecular complexity index is 847. The third-order valence-electron chi connectivity index (χ3n) is 3.55. The number of anilines is 1. The Morgan fingerprint density at radius 1 is 1.32 bits per heavy atom. The molecule has 1 aromatic carbocycles. The number of benzene rings is 1. The Morgan fingerprint density at radius 3 is 2.76 bits per heavy atom. The Hall–Kier alpha value is -2.19. The normalized spacial score (nSPS) is 12.1. The minimum Gasteiger partial charge on any atom is -0.416 e. The summed E-state index contributed by atoms with van der Waals surface area (Å²) in [6, 6.07) is 9.53. The third-order valence-corrected chi connectivity index (χ3v) is 5.29. The van der Waals surface area contributed by atoms with Gasteiger partial charge >= 0.3 is 0 Å². The number of hydrogen-bond donors (Lipinski definition) is 0. The lowest BCUT2D eigenvalue weighted by molar-refractivity contribution is -0.117. The predicted molar refractivity (Wildman–Crippen MR) is 99.1 cm³/mol. The van der Waals surface area contributed by atoms with Crippen LogP contribution in [0.2, 0.25) is 0 Å².